The summed E-state index contributed by atoms with van der Waals surface area (Å²) < 4.78 is 5.65. The molecule has 0 saturated heterocycles. The largest absolute Gasteiger partial charge is 0.494 e. The molecule has 4 heteroatoms. The lowest BCUT2D eigenvalue weighted by atomic mass is 10.1. The van der Waals surface area contributed by atoms with Crippen molar-refractivity contribution in [2.75, 3.05) is 13.7 Å². The van der Waals surface area contributed by atoms with Crippen LogP contribution in [-0.2, 0) is 17.6 Å². The number of aryl methyl sites for hydroxylation is 2. The molecule has 0 atom stereocenters. The first kappa shape index (κ1) is 12.9. The van der Waals surface area contributed by atoms with E-state index in [0.717, 1.165) is 17.2 Å². The first-order valence-corrected chi connectivity index (χ1v) is 6.42. The van der Waals surface area contributed by atoms with E-state index in [1.165, 1.54) is 24.0 Å². The summed E-state index contributed by atoms with van der Waals surface area (Å²) in [6, 6.07) is 6.29. The molecule has 1 aliphatic carbocycles. The summed E-state index contributed by atoms with van der Waals surface area (Å²) >= 11 is 0. The first-order valence-electron chi connectivity index (χ1n) is 6.42. The number of nitrogens with two attached hydrogens (primary N) is 1. The number of nitrogens with zero attached hydrogens (tertiary/aromatic N) is 1. The monoisotopic (exact) mass is 248 g/mol. The minimum Gasteiger partial charge on any atom is -0.494 e. The van der Waals surface area contributed by atoms with Gasteiger partial charge in [-0.3, -0.25) is 9.80 Å². The Morgan fingerprint density at radius 1 is 1.39 bits per heavy atom. The lowest BCUT2D eigenvalue weighted by molar-refractivity contribution is -0.130. The van der Waals surface area contributed by atoms with Crippen LogP contribution >= 0.6 is 0 Å². The van der Waals surface area contributed by atoms with Crippen LogP contribution in [0, 0.1) is 0 Å². The van der Waals surface area contributed by atoms with Crippen molar-refractivity contribution in [2.45, 2.75) is 32.1 Å². The van der Waals surface area contributed by atoms with E-state index in [1.807, 2.05) is 6.07 Å². The Balaban J connectivity index is 1.75. The van der Waals surface area contributed by atoms with E-state index in [1.54, 1.807) is 7.05 Å². The number of rotatable bonds is 5. The zero-order valence-corrected chi connectivity index (χ0v) is 10.8. The summed E-state index contributed by atoms with van der Waals surface area (Å²) in [5.74, 6) is 6.18. The minimum absolute atomic E-state index is 0.0625. The highest BCUT2D eigenvalue weighted by atomic mass is 16.5. The van der Waals surface area contributed by atoms with Crippen LogP contribution in [0.2, 0.25) is 0 Å². The maximum atomic E-state index is 11.3. The molecule has 0 radical (unpaired) electrons. The summed E-state index contributed by atoms with van der Waals surface area (Å²) in [6.45, 7) is 0.554. The van der Waals surface area contributed by atoms with Crippen LogP contribution in [-0.4, -0.2) is 24.6 Å². The number of hydrogen-bond acceptors (Lipinski definition) is 3. The molecule has 1 amide bonds. The van der Waals surface area contributed by atoms with E-state index in [0.29, 0.717) is 19.4 Å². The van der Waals surface area contributed by atoms with Crippen LogP contribution in [0.15, 0.2) is 18.2 Å². The van der Waals surface area contributed by atoms with Crippen LogP contribution in [0.5, 0.6) is 5.75 Å². The topological polar surface area (TPSA) is 55.6 Å². The van der Waals surface area contributed by atoms with Crippen molar-refractivity contribution in [3.63, 3.8) is 0 Å². The van der Waals surface area contributed by atoms with Crippen molar-refractivity contribution in [2.24, 2.45) is 5.84 Å². The Bertz CT molecular complexity index is 430. The molecule has 98 valence electrons. The van der Waals surface area contributed by atoms with Crippen molar-refractivity contribution >= 4 is 5.91 Å². The molecule has 0 aromatic heterocycles. The molecule has 18 heavy (non-hydrogen) atoms. The Kier molecular flexibility index (Phi) is 4.20. The molecule has 2 rings (SSSR count). The number of amides is 1. The summed E-state index contributed by atoms with van der Waals surface area (Å²) in [4.78, 5) is 11.3. The van der Waals surface area contributed by atoms with Crippen LogP contribution in [0.3, 0.4) is 0 Å². The molecule has 0 unspecified atom stereocenters. The van der Waals surface area contributed by atoms with Gasteiger partial charge in [-0.25, -0.2) is 5.84 Å². The van der Waals surface area contributed by atoms with Crippen molar-refractivity contribution < 1.29 is 9.53 Å². The molecule has 1 aromatic carbocycles. The zero-order valence-electron chi connectivity index (χ0n) is 10.8. The van der Waals surface area contributed by atoms with E-state index in [9.17, 15) is 4.79 Å². The third-order valence-corrected chi connectivity index (χ3v) is 3.27. The first-order chi connectivity index (χ1) is 8.66. The van der Waals surface area contributed by atoms with Crippen LogP contribution in [0.25, 0.3) is 0 Å². The van der Waals surface area contributed by atoms with Crippen LogP contribution < -0.4 is 10.6 Å². The van der Waals surface area contributed by atoms with Crippen molar-refractivity contribution in [3.8, 4) is 5.75 Å². The Morgan fingerprint density at radius 2 is 2.17 bits per heavy atom. The molecule has 4 nitrogen and oxygen atoms in total. The van der Waals surface area contributed by atoms with Crippen LogP contribution in [0.4, 0.5) is 0 Å². The maximum absolute atomic E-state index is 11.3. The highest BCUT2D eigenvalue weighted by Crippen LogP contribution is 2.26. The summed E-state index contributed by atoms with van der Waals surface area (Å²) in [6.07, 6.45) is 4.71. The molecule has 0 bridgehead atoms. The van der Waals surface area contributed by atoms with Gasteiger partial charge in [-0.15, -0.1) is 0 Å². The number of carbonyl (C=O) groups is 1. The number of hydrogen-bond donors (Lipinski definition) is 1. The highest BCUT2D eigenvalue weighted by Gasteiger charge is 2.11. The molecular weight excluding hydrogens is 228 g/mol. The summed E-state index contributed by atoms with van der Waals surface area (Å²) in [7, 11) is 1.56. The second kappa shape index (κ2) is 5.87. The number of hydrazine groups is 1. The van der Waals surface area contributed by atoms with Gasteiger partial charge in [-0.05, 0) is 48.9 Å². The number of benzene rings is 1. The van der Waals surface area contributed by atoms with Gasteiger partial charge in [0.15, 0.2) is 0 Å². The fourth-order valence-corrected chi connectivity index (χ4v) is 2.23. The van der Waals surface area contributed by atoms with E-state index in [4.69, 9.17) is 10.6 Å². The standard InChI is InChI=1S/C14H20N2O2/c1-16(15)14(17)6-3-9-18-13-8-7-11-4-2-5-12(11)10-13/h7-8,10H,2-6,9,15H2,1H3. The second-order valence-electron chi connectivity index (χ2n) is 4.74. The lowest BCUT2D eigenvalue weighted by Gasteiger charge is -2.10. The molecular formula is C14H20N2O2. The molecule has 0 fully saturated rings. The average molecular weight is 248 g/mol. The van der Waals surface area contributed by atoms with Gasteiger partial charge in [0.05, 0.1) is 6.61 Å². The van der Waals surface area contributed by atoms with E-state index >= 15 is 0 Å². The smallest absolute Gasteiger partial charge is 0.236 e. The van der Waals surface area contributed by atoms with Gasteiger partial charge in [0.25, 0.3) is 0 Å². The van der Waals surface area contributed by atoms with Gasteiger partial charge in [-0.1, -0.05) is 6.07 Å². The van der Waals surface area contributed by atoms with E-state index in [2.05, 4.69) is 12.1 Å². The molecule has 2 N–H and O–H groups in total. The zero-order chi connectivity index (χ0) is 13.0. The van der Waals surface area contributed by atoms with Crippen molar-refractivity contribution in [1.82, 2.24) is 5.01 Å². The molecule has 1 aliphatic rings. The maximum Gasteiger partial charge on any atom is 0.236 e. The number of ether oxygens (including phenoxy) is 1. The van der Waals surface area contributed by atoms with Gasteiger partial charge in [-0.2, -0.15) is 0 Å². The van der Waals surface area contributed by atoms with Crippen molar-refractivity contribution in [3.05, 3.63) is 29.3 Å². The SMILES string of the molecule is CN(N)C(=O)CCCOc1ccc2c(c1)CCC2. The van der Waals surface area contributed by atoms with E-state index < -0.39 is 0 Å². The Morgan fingerprint density at radius 3 is 2.94 bits per heavy atom. The fourth-order valence-electron chi connectivity index (χ4n) is 2.23. The Labute approximate surface area is 108 Å². The molecule has 0 spiro atoms. The average Bonchev–Trinajstić information content (AvgIpc) is 2.81. The summed E-state index contributed by atoms with van der Waals surface area (Å²) in [5, 5.41) is 1.12. The molecule has 0 heterocycles. The lowest BCUT2D eigenvalue weighted by Crippen LogP contribution is -2.33. The molecule has 0 saturated carbocycles. The third kappa shape index (κ3) is 3.23. The van der Waals surface area contributed by atoms with Crippen LogP contribution in [0.1, 0.15) is 30.4 Å². The highest BCUT2D eigenvalue weighted by molar-refractivity contribution is 5.75. The molecule has 1 aromatic rings. The predicted octanol–water partition coefficient (Wildman–Crippen LogP) is 1.67. The van der Waals surface area contributed by atoms with Gasteiger partial charge in [0.2, 0.25) is 5.91 Å². The molecule has 0 aliphatic heterocycles. The summed E-state index contributed by atoms with van der Waals surface area (Å²) in [5.41, 5.74) is 2.85. The number of carbonyl (C=O) groups excluding carboxylic acids is 1. The van der Waals surface area contributed by atoms with E-state index in [-0.39, 0.29) is 5.91 Å². The van der Waals surface area contributed by atoms with Gasteiger partial charge in [0.1, 0.15) is 5.75 Å². The normalized spacial score (nSPS) is 13.2. The minimum atomic E-state index is -0.0625. The Hall–Kier alpha value is -1.55. The van der Waals surface area contributed by atoms with Crippen molar-refractivity contribution in [1.29, 1.82) is 0 Å². The van der Waals surface area contributed by atoms with Gasteiger partial charge < -0.3 is 4.74 Å². The van der Waals surface area contributed by atoms with Gasteiger partial charge in [0, 0.05) is 13.5 Å². The quantitative estimate of drug-likeness (QED) is 0.373. The predicted molar refractivity (Wildman–Crippen MR) is 70.2 cm³/mol. The number of fused-ring (bicyclic) bond motifs is 1. The fraction of sp³-hybridized carbons (Fsp3) is 0.500. The second-order valence-corrected chi connectivity index (χ2v) is 4.74. The third-order valence-electron chi connectivity index (χ3n) is 3.27. The van der Waals surface area contributed by atoms with Gasteiger partial charge >= 0.3 is 0 Å².